The summed E-state index contributed by atoms with van der Waals surface area (Å²) < 4.78 is 13.8. The van der Waals surface area contributed by atoms with Crippen LogP contribution in [0.2, 0.25) is 5.15 Å². The van der Waals surface area contributed by atoms with E-state index < -0.39 is 0 Å². The molecule has 6 heteroatoms. The fourth-order valence-corrected chi connectivity index (χ4v) is 1.98. The third-order valence-electron chi connectivity index (χ3n) is 3.08. The van der Waals surface area contributed by atoms with E-state index in [2.05, 4.69) is 9.97 Å². The number of nitrogens with zero attached hydrogens (tertiary/aromatic N) is 3. The molecule has 1 unspecified atom stereocenters. The van der Waals surface area contributed by atoms with Crippen LogP contribution in [0.15, 0.2) is 30.6 Å². The molecule has 2 rings (SSSR count). The minimum absolute atomic E-state index is 0.192. The van der Waals surface area contributed by atoms with Crippen molar-refractivity contribution in [3.05, 3.63) is 47.1 Å². The molecule has 0 saturated carbocycles. The number of anilines is 2. The summed E-state index contributed by atoms with van der Waals surface area (Å²) in [5.41, 5.74) is 6.70. The summed E-state index contributed by atoms with van der Waals surface area (Å²) in [7, 11) is 1.78. The van der Waals surface area contributed by atoms with Gasteiger partial charge in [0, 0.05) is 12.6 Å². The van der Waals surface area contributed by atoms with Gasteiger partial charge in [-0.15, -0.1) is 0 Å². The van der Waals surface area contributed by atoms with Crippen LogP contribution in [-0.2, 0) is 0 Å². The first-order valence-electron chi connectivity index (χ1n) is 5.75. The van der Waals surface area contributed by atoms with Gasteiger partial charge in [0.25, 0.3) is 0 Å². The molecule has 0 bridgehead atoms. The Labute approximate surface area is 116 Å². The quantitative estimate of drug-likeness (QED) is 0.878. The van der Waals surface area contributed by atoms with Crippen molar-refractivity contribution in [3.8, 4) is 0 Å². The number of aromatic nitrogens is 2. The lowest BCUT2D eigenvalue weighted by Gasteiger charge is -2.27. The molecule has 0 aliphatic rings. The average molecular weight is 281 g/mol. The van der Waals surface area contributed by atoms with E-state index in [4.69, 9.17) is 17.3 Å². The van der Waals surface area contributed by atoms with Crippen LogP contribution < -0.4 is 10.6 Å². The van der Waals surface area contributed by atoms with Crippen molar-refractivity contribution in [1.29, 1.82) is 0 Å². The Morgan fingerprint density at radius 2 is 2.00 bits per heavy atom. The lowest BCUT2D eigenvalue weighted by Crippen LogP contribution is -2.24. The molecule has 1 heterocycles. The Kier molecular flexibility index (Phi) is 3.85. The number of hydrogen-bond donors (Lipinski definition) is 1. The number of halogens is 2. The second-order valence-corrected chi connectivity index (χ2v) is 4.57. The van der Waals surface area contributed by atoms with E-state index >= 15 is 0 Å². The van der Waals surface area contributed by atoms with Gasteiger partial charge in [0.15, 0.2) is 11.0 Å². The summed E-state index contributed by atoms with van der Waals surface area (Å²) in [5, 5.41) is 0.192. The maximum atomic E-state index is 13.8. The van der Waals surface area contributed by atoms with Crippen LogP contribution >= 0.6 is 11.6 Å². The average Bonchev–Trinajstić information content (AvgIpc) is 2.41. The van der Waals surface area contributed by atoms with Crippen molar-refractivity contribution in [2.45, 2.75) is 13.0 Å². The highest BCUT2D eigenvalue weighted by atomic mass is 35.5. The number of nitrogen functional groups attached to an aromatic ring is 1. The van der Waals surface area contributed by atoms with Gasteiger partial charge in [-0.3, -0.25) is 0 Å². The van der Waals surface area contributed by atoms with Gasteiger partial charge in [0.1, 0.15) is 17.8 Å². The standard InChI is InChI=1S/C13H14ClFN4/c1-8(9-5-3-4-6-10(9)15)19(2)13-11(16)12(14)17-7-18-13/h3-8H,16H2,1-2H3. The summed E-state index contributed by atoms with van der Waals surface area (Å²) in [6.45, 7) is 1.87. The molecule has 0 radical (unpaired) electrons. The molecule has 2 N–H and O–H groups in total. The highest BCUT2D eigenvalue weighted by molar-refractivity contribution is 6.32. The number of hydrogen-bond acceptors (Lipinski definition) is 4. The second kappa shape index (κ2) is 5.40. The first kappa shape index (κ1) is 13.5. The fraction of sp³-hybridized carbons (Fsp3) is 0.231. The largest absolute Gasteiger partial charge is 0.393 e. The van der Waals surface area contributed by atoms with Crippen LogP contribution in [0.5, 0.6) is 0 Å². The third kappa shape index (κ3) is 2.61. The maximum Gasteiger partial charge on any atom is 0.157 e. The van der Waals surface area contributed by atoms with Crippen LogP contribution in [0.1, 0.15) is 18.5 Å². The first-order valence-corrected chi connectivity index (χ1v) is 6.13. The molecule has 0 aliphatic heterocycles. The van der Waals surface area contributed by atoms with E-state index in [-0.39, 0.29) is 22.7 Å². The number of nitrogens with two attached hydrogens (primary N) is 1. The van der Waals surface area contributed by atoms with Crippen molar-refractivity contribution in [2.75, 3.05) is 17.7 Å². The van der Waals surface area contributed by atoms with Crippen molar-refractivity contribution < 1.29 is 4.39 Å². The Morgan fingerprint density at radius 3 is 2.68 bits per heavy atom. The molecule has 2 aromatic rings. The van der Waals surface area contributed by atoms with Crippen LogP contribution in [0.3, 0.4) is 0 Å². The SMILES string of the molecule is CC(c1ccccc1F)N(C)c1ncnc(Cl)c1N. The van der Waals surface area contributed by atoms with E-state index in [1.54, 1.807) is 30.1 Å². The molecule has 0 amide bonds. The number of rotatable bonds is 3. The minimum Gasteiger partial charge on any atom is -0.393 e. The Balaban J connectivity index is 2.37. The molecule has 1 atom stereocenters. The van der Waals surface area contributed by atoms with Gasteiger partial charge in [0.2, 0.25) is 0 Å². The lowest BCUT2D eigenvalue weighted by molar-refractivity contribution is 0.584. The molecule has 0 fully saturated rings. The van der Waals surface area contributed by atoms with Crippen LogP contribution in [-0.4, -0.2) is 17.0 Å². The van der Waals surface area contributed by atoms with Crippen LogP contribution in [0, 0.1) is 5.82 Å². The summed E-state index contributed by atoms with van der Waals surface area (Å²) in [6, 6.07) is 6.38. The fourth-order valence-electron chi connectivity index (χ4n) is 1.85. The van der Waals surface area contributed by atoms with Crippen molar-refractivity contribution in [2.24, 2.45) is 0 Å². The lowest BCUT2D eigenvalue weighted by atomic mass is 10.1. The highest BCUT2D eigenvalue weighted by Gasteiger charge is 2.19. The summed E-state index contributed by atoms with van der Waals surface area (Å²) >= 11 is 5.86. The Hall–Kier alpha value is -1.88. The monoisotopic (exact) mass is 280 g/mol. The zero-order valence-electron chi connectivity index (χ0n) is 10.6. The summed E-state index contributed by atoms with van der Waals surface area (Å²) in [6.07, 6.45) is 1.33. The van der Waals surface area contributed by atoms with Gasteiger partial charge in [-0.25, -0.2) is 14.4 Å². The van der Waals surface area contributed by atoms with E-state index in [0.717, 1.165) is 0 Å². The summed E-state index contributed by atoms with van der Waals surface area (Å²) in [4.78, 5) is 9.66. The molecule has 100 valence electrons. The minimum atomic E-state index is -0.263. The highest BCUT2D eigenvalue weighted by Crippen LogP contribution is 2.31. The van der Waals surface area contributed by atoms with E-state index in [1.807, 2.05) is 6.92 Å². The first-order chi connectivity index (χ1) is 9.02. The van der Waals surface area contributed by atoms with Gasteiger partial charge in [-0.2, -0.15) is 0 Å². The van der Waals surface area contributed by atoms with E-state index in [0.29, 0.717) is 11.4 Å². The topological polar surface area (TPSA) is 55.0 Å². The molecule has 4 nitrogen and oxygen atoms in total. The zero-order chi connectivity index (χ0) is 14.0. The molecular formula is C13H14ClFN4. The molecule has 1 aromatic carbocycles. The van der Waals surface area contributed by atoms with Crippen LogP contribution in [0.25, 0.3) is 0 Å². The molecule has 0 spiro atoms. The van der Waals surface area contributed by atoms with E-state index in [1.165, 1.54) is 12.4 Å². The summed E-state index contributed by atoms with van der Waals surface area (Å²) in [5.74, 6) is 0.219. The molecule has 0 saturated heterocycles. The van der Waals surface area contributed by atoms with Gasteiger partial charge < -0.3 is 10.6 Å². The van der Waals surface area contributed by atoms with Gasteiger partial charge >= 0.3 is 0 Å². The van der Waals surface area contributed by atoms with Crippen LogP contribution in [0.4, 0.5) is 15.9 Å². The van der Waals surface area contributed by atoms with Gasteiger partial charge in [0.05, 0.1) is 6.04 Å². The third-order valence-corrected chi connectivity index (χ3v) is 3.39. The molecule has 0 aliphatic carbocycles. The number of benzene rings is 1. The Morgan fingerprint density at radius 1 is 1.32 bits per heavy atom. The van der Waals surface area contributed by atoms with Gasteiger partial charge in [-0.05, 0) is 13.0 Å². The van der Waals surface area contributed by atoms with Crippen molar-refractivity contribution in [3.63, 3.8) is 0 Å². The predicted molar refractivity (Wildman–Crippen MR) is 74.7 cm³/mol. The molecule has 1 aromatic heterocycles. The van der Waals surface area contributed by atoms with Gasteiger partial charge in [-0.1, -0.05) is 29.8 Å². The normalized spacial score (nSPS) is 12.2. The predicted octanol–water partition coefficient (Wildman–Crippen LogP) is 3.05. The zero-order valence-corrected chi connectivity index (χ0v) is 11.4. The second-order valence-electron chi connectivity index (χ2n) is 4.21. The molecular weight excluding hydrogens is 267 g/mol. The maximum absolute atomic E-state index is 13.8. The smallest absolute Gasteiger partial charge is 0.157 e. The molecule has 19 heavy (non-hydrogen) atoms. The van der Waals surface area contributed by atoms with Crippen molar-refractivity contribution in [1.82, 2.24) is 9.97 Å². The van der Waals surface area contributed by atoms with E-state index in [9.17, 15) is 4.39 Å². The Bertz CT molecular complexity index is 591. The van der Waals surface area contributed by atoms with Crippen molar-refractivity contribution >= 4 is 23.1 Å².